The molecule has 0 aliphatic carbocycles. The number of ketones is 1. The summed E-state index contributed by atoms with van der Waals surface area (Å²) < 4.78 is 5.25. The molecule has 0 radical (unpaired) electrons. The van der Waals surface area contributed by atoms with Gasteiger partial charge in [-0.1, -0.05) is 15.9 Å². The van der Waals surface area contributed by atoms with Crippen LogP contribution in [0.15, 0.2) is 16.6 Å². The van der Waals surface area contributed by atoms with Crippen LogP contribution in [0.4, 0.5) is 5.69 Å². The van der Waals surface area contributed by atoms with E-state index in [0.717, 1.165) is 0 Å². The Labute approximate surface area is 108 Å². The smallest absolute Gasteiger partial charge is 0.285 e. The van der Waals surface area contributed by atoms with E-state index in [1.54, 1.807) is 0 Å². The monoisotopic (exact) mass is 351 g/mol. The summed E-state index contributed by atoms with van der Waals surface area (Å²) in [5.74, 6) is -0.0362. The molecule has 1 rings (SSSR count). The van der Waals surface area contributed by atoms with Gasteiger partial charge in [0.1, 0.15) is 11.3 Å². The molecule has 0 unspecified atom stereocenters. The van der Waals surface area contributed by atoms with Gasteiger partial charge < -0.3 is 4.74 Å². The van der Waals surface area contributed by atoms with Gasteiger partial charge in [0.25, 0.3) is 5.69 Å². The van der Waals surface area contributed by atoms with Crippen molar-refractivity contribution in [2.45, 2.75) is 0 Å². The second-order valence-corrected chi connectivity index (χ2v) is 4.23. The third-order valence-corrected chi connectivity index (χ3v) is 3.01. The van der Waals surface area contributed by atoms with Crippen molar-refractivity contribution >= 4 is 43.3 Å². The number of halogens is 2. The van der Waals surface area contributed by atoms with E-state index < -0.39 is 4.92 Å². The molecule has 0 atom stereocenters. The molecule has 0 amide bonds. The fourth-order valence-corrected chi connectivity index (χ4v) is 2.10. The molecule has 0 fully saturated rings. The quantitative estimate of drug-likeness (QED) is 0.361. The van der Waals surface area contributed by atoms with E-state index in [-0.39, 0.29) is 22.4 Å². The molecule has 7 heteroatoms. The van der Waals surface area contributed by atoms with Gasteiger partial charge in [-0.05, 0) is 22.0 Å². The summed E-state index contributed by atoms with van der Waals surface area (Å²) in [5, 5.41) is 10.9. The summed E-state index contributed by atoms with van der Waals surface area (Å²) in [6, 6.07) is 2.74. The molecular weight excluding hydrogens is 346 g/mol. The second kappa shape index (κ2) is 5.40. The molecule has 0 aliphatic rings. The lowest BCUT2D eigenvalue weighted by Gasteiger charge is -2.06. The third-order valence-electron chi connectivity index (χ3n) is 1.88. The Bertz CT molecular complexity index is 447. The molecule has 0 bridgehead atoms. The van der Waals surface area contributed by atoms with E-state index in [4.69, 9.17) is 4.74 Å². The molecule has 86 valence electrons. The van der Waals surface area contributed by atoms with Gasteiger partial charge in [0.2, 0.25) is 0 Å². The number of nitro groups is 1. The van der Waals surface area contributed by atoms with Crippen molar-refractivity contribution in [1.29, 1.82) is 0 Å². The molecule has 16 heavy (non-hydrogen) atoms. The molecule has 5 nitrogen and oxygen atoms in total. The van der Waals surface area contributed by atoms with E-state index in [2.05, 4.69) is 31.9 Å². The van der Waals surface area contributed by atoms with Crippen LogP contribution in [0.25, 0.3) is 0 Å². The fourth-order valence-electron chi connectivity index (χ4n) is 1.17. The highest BCUT2D eigenvalue weighted by molar-refractivity contribution is 9.10. The van der Waals surface area contributed by atoms with Crippen LogP contribution in [0.2, 0.25) is 0 Å². The van der Waals surface area contributed by atoms with Crippen LogP contribution < -0.4 is 4.74 Å². The Kier molecular flexibility index (Phi) is 4.43. The number of carbonyl (C=O) groups excluding carboxylic acids is 1. The highest BCUT2D eigenvalue weighted by Crippen LogP contribution is 2.32. The zero-order valence-corrected chi connectivity index (χ0v) is 11.4. The first kappa shape index (κ1) is 13.1. The Morgan fingerprint density at radius 1 is 1.56 bits per heavy atom. The maximum atomic E-state index is 11.5. The number of benzene rings is 1. The van der Waals surface area contributed by atoms with Gasteiger partial charge in [-0.25, -0.2) is 0 Å². The lowest BCUT2D eigenvalue weighted by Crippen LogP contribution is -2.06. The SMILES string of the molecule is COc1cc(Br)c(C(=O)CBr)c([N+](=O)[O-])c1. The van der Waals surface area contributed by atoms with Crippen molar-refractivity contribution < 1.29 is 14.5 Å². The van der Waals surface area contributed by atoms with E-state index in [9.17, 15) is 14.9 Å². The van der Waals surface area contributed by atoms with Crippen LogP contribution in [0, 0.1) is 10.1 Å². The average molecular weight is 353 g/mol. The maximum Gasteiger partial charge on any atom is 0.285 e. The van der Waals surface area contributed by atoms with E-state index in [1.165, 1.54) is 19.2 Å². The summed E-state index contributed by atoms with van der Waals surface area (Å²) >= 11 is 6.10. The molecule has 0 spiro atoms. The van der Waals surface area contributed by atoms with Crippen LogP contribution in [-0.4, -0.2) is 23.1 Å². The molecule has 0 N–H and O–H groups in total. The van der Waals surface area contributed by atoms with Gasteiger partial charge in [0, 0.05) is 4.47 Å². The van der Waals surface area contributed by atoms with Crippen molar-refractivity contribution in [1.82, 2.24) is 0 Å². The molecule has 0 aliphatic heterocycles. The van der Waals surface area contributed by atoms with Gasteiger partial charge in [0.15, 0.2) is 5.78 Å². The number of rotatable bonds is 4. The molecule has 0 saturated carbocycles. The molecule has 1 aromatic rings. The topological polar surface area (TPSA) is 69.4 Å². The minimum absolute atomic E-state index is 0.0266. The van der Waals surface area contributed by atoms with Gasteiger partial charge in [-0.2, -0.15) is 0 Å². The Morgan fingerprint density at radius 2 is 2.19 bits per heavy atom. The van der Waals surface area contributed by atoms with Gasteiger partial charge in [-0.3, -0.25) is 14.9 Å². The van der Waals surface area contributed by atoms with Crippen LogP contribution >= 0.6 is 31.9 Å². The van der Waals surface area contributed by atoms with Crippen LogP contribution in [0.3, 0.4) is 0 Å². The lowest BCUT2D eigenvalue weighted by molar-refractivity contribution is -0.385. The lowest BCUT2D eigenvalue weighted by atomic mass is 10.1. The first-order chi connectivity index (χ1) is 7.51. The minimum atomic E-state index is -0.608. The van der Waals surface area contributed by atoms with Crippen molar-refractivity contribution in [2.75, 3.05) is 12.4 Å². The highest BCUT2D eigenvalue weighted by Gasteiger charge is 2.24. The van der Waals surface area contributed by atoms with E-state index >= 15 is 0 Å². The van der Waals surface area contributed by atoms with Crippen molar-refractivity contribution in [3.05, 3.63) is 32.3 Å². The number of nitrogens with zero attached hydrogens (tertiary/aromatic N) is 1. The van der Waals surface area contributed by atoms with Crippen LogP contribution in [-0.2, 0) is 0 Å². The first-order valence-corrected chi connectivity index (χ1v) is 6.03. The zero-order chi connectivity index (χ0) is 12.3. The third kappa shape index (κ3) is 2.59. The standard InChI is InChI=1S/C9H7Br2NO4/c1-16-5-2-6(11)9(8(13)4-10)7(3-5)12(14)15/h2-3H,4H2,1H3. The summed E-state index contributed by atoms with van der Waals surface area (Å²) in [6.45, 7) is 0. The minimum Gasteiger partial charge on any atom is -0.496 e. The number of ether oxygens (including phenoxy) is 1. The Morgan fingerprint density at radius 3 is 2.62 bits per heavy atom. The summed E-state index contributed by atoms with van der Waals surface area (Å²) in [4.78, 5) is 21.8. The number of Topliss-reactive ketones (excluding diaryl/α,β-unsaturated/α-hetero) is 1. The zero-order valence-electron chi connectivity index (χ0n) is 8.20. The van der Waals surface area contributed by atoms with Crippen molar-refractivity contribution in [3.8, 4) is 5.75 Å². The Balaban J connectivity index is 3.45. The summed E-state index contributed by atoms with van der Waals surface area (Å²) in [5.41, 5.74) is -0.224. The summed E-state index contributed by atoms with van der Waals surface area (Å²) in [6.07, 6.45) is 0. The van der Waals surface area contributed by atoms with E-state index in [1.807, 2.05) is 0 Å². The number of hydrogen-bond donors (Lipinski definition) is 0. The molecule has 0 saturated heterocycles. The first-order valence-electron chi connectivity index (χ1n) is 4.12. The van der Waals surface area contributed by atoms with Crippen LogP contribution in [0.5, 0.6) is 5.75 Å². The number of methoxy groups -OCH3 is 1. The fraction of sp³-hybridized carbons (Fsp3) is 0.222. The number of nitro benzene ring substituents is 1. The summed E-state index contributed by atoms with van der Waals surface area (Å²) in [7, 11) is 1.40. The number of hydrogen-bond acceptors (Lipinski definition) is 4. The van der Waals surface area contributed by atoms with Crippen LogP contribution in [0.1, 0.15) is 10.4 Å². The molecule has 0 aromatic heterocycles. The number of carbonyl (C=O) groups is 1. The van der Waals surface area contributed by atoms with E-state index in [0.29, 0.717) is 10.2 Å². The normalized spacial score (nSPS) is 9.94. The van der Waals surface area contributed by atoms with Gasteiger partial charge in [0.05, 0.1) is 23.4 Å². The largest absolute Gasteiger partial charge is 0.496 e. The van der Waals surface area contributed by atoms with Crippen molar-refractivity contribution in [2.24, 2.45) is 0 Å². The molecule has 0 heterocycles. The highest BCUT2D eigenvalue weighted by atomic mass is 79.9. The van der Waals surface area contributed by atoms with Crippen molar-refractivity contribution in [3.63, 3.8) is 0 Å². The average Bonchev–Trinajstić information content (AvgIpc) is 2.26. The van der Waals surface area contributed by atoms with Gasteiger partial charge >= 0.3 is 0 Å². The second-order valence-electron chi connectivity index (χ2n) is 2.82. The number of alkyl halides is 1. The predicted octanol–water partition coefficient (Wildman–Crippen LogP) is 2.94. The predicted molar refractivity (Wildman–Crippen MR) is 65.5 cm³/mol. The Hall–Kier alpha value is -0.950. The molecule has 1 aromatic carbocycles. The molecular formula is C9H7Br2NO4. The van der Waals surface area contributed by atoms with Gasteiger partial charge in [-0.15, -0.1) is 0 Å². The maximum absolute atomic E-state index is 11.5.